The van der Waals surface area contributed by atoms with E-state index in [1.54, 1.807) is 6.20 Å². The first kappa shape index (κ1) is 8.81. The van der Waals surface area contributed by atoms with Crippen LogP contribution < -0.4 is 4.98 Å². The van der Waals surface area contributed by atoms with Crippen LogP contribution in [0.5, 0.6) is 0 Å². The van der Waals surface area contributed by atoms with Crippen molar-refractivity contribution >= 4 is 16.9 Å². The summed E-state index contributed by atoms with van der Waals surface area (Å²) in [5, 5.41) is 9.63. The van der Waals surface area contributed by atoms with E-state index in [2.05, 4.69) is 4.98 Å². The van der Waals surface area contributed by atoms with Gasteiger partial charge in [0.05, 0.1) is 0 Å². The summed E-state index contributed by atoms with van der Waals surface area (Å²) in [4.78, 5) is 14.6. The van der Waals surface area contributed by atoms with Crippen LogP contribution in [0.3, 0.4) is 0 Å². The minimum absolute atomic E-state index is 0.162. The van der Waals surface area contributed by atoms with Crippen LogP contribution in [0.4, 0.5) is 0 Å². The number of nitrogens with zero attached hydrogens (tertiary/aromatic N) is 1. The Bertz CT molecular complexity index is 459. The maximum Gasteiger partial charge on any atom is 0.303 e. The molecule has 0 saturated heterocycles. The van der Waals surface area contributed by atoms with E-state index < -0.39 is 5.97 Å². The number of aromatic nitrogens is 1. The van der Waals surface area contributed by atoms with Crippen LogP contribution in [0.25, 0.3) is 10.9 Å². The number of carboxylic acid groups (broad SMARTS) is 1. The number of aryl methyl sites for hydroxylation is 1. The van der Waals surface area contributed by atoms with Gasteiger partial charge in [-0.25, -0.2) is 0 Å². The van der Waals surface area contributed by atoms with Crippen LogP contribution >= 0.6 is 0 Å². The maximum absolute atomic E-state index is 10.4. The molecule has 0 spiro atoms. The molecule has 0 fully saturated rings. The minimum Gasteiger partial charge on any atom is -0.663 e. The molecule has 2 aromatic rings. The predicted molar refractivity (Wildman–Crippen MR) is 53.2 cm³/mol. The Morgan fingerprint density at radius 3 is 2.93 bits per heavy atom. The monoisotopic (exact) mass is 188 g/mol. The molecule has 3 heteroatoms. The summed E-state index contributed by atoms with van der Waals surface area (Å²) < 4.78 is 0. The third-order valence-electron chi connectivity index (χ3n) is 2.22. The molecule has 0 aliphatic carbocycles. The van der Waals surface area contributed by atoms with Gasteiger partial charge in [0.25, 0.3) is 0 Å². The Morgan fingerprint density at radius 1 is 1.36 bits per heavy atom. The molecule has 0 amide bonds. The molecule has 1 aromatic carbocycles. The molecule has 2 rings (SSSR count). The predicted octanol–water partition coefficient (Wildman–Crippen LogP) is 1.81. The zero-order valence-electron chi connectivity index (χ0n) is 7.60. The summed E-state index contributed by atoms with van der Waals surface area (Å²) in [5.74, 6) is -0.768. The zero-order valence-corrected chi connectivity index (χ0v) is 7.60. The molecule has 0 aliphatic heterocycles. The number of carbonyl (C=O) groups is 1. The largest absolute Gasteiger partial charge is 0.663 e. The third-order valence-corrected chi connectivity index (χ3v) is 2.22. The molecular formula is C11H10NO2-. The molecule has 0 aliphatic rings. The number of rotatable bonds is 3. The average Bonchev–Trinajstić information content (AvgIpc) is 2.58. The number of hydrogen-bond donors (Lipinski definition) is 1. The molecular weight excluding hydrogens is 178 g/mol. The van der Waals surface area contributed by atoms with Crippen molar-refractivity contribution in [3.63, 3.8) is 0 Å². The fourth-order valence-corrected chi connectivity index (χ4v) is 1.52. The maximum atomic E-state index is 10.4. The Hall–Kier alpha value is -1.77. The normalized spacial score (nSPS) is 10.6. The van der Waals surface area contributed by atoms with E-state index in [-0.39, 0.29) is 6.42 Å². The van der Waals surface area contributed by atoms with Crippen molar-refractivity contribution in [2.75, 3.05) is 0 Å². The van der Waals surface area contributed by atoms with Gasteiger partial charge in [-0.15, -0.1) is 5.52 Å². The van der Waals surface area contributed by atoms with E-state index >= 15 is 0 Å². The molecule has 14 heavy (non-hydrogen) atoms. The molecule has 3 nitrogen and oxygen atoms in total. The molecule has 1 N–H and O–H groups in total. The summed E-state index contributed by atoms with van der Waals surface area (Å²) in [6.45, 7) is 0. The number of hydrogen-bond acceptors (Lipinski definition) is 1. The van der Waals surface area contributed by atoms with Crippen LogP contribution in [0.2, 0.25) is 0 Å². The van der Waals surface area contributed by atoms with Gasteiger partial charge < -0.3 is 10.1 Å². The SMILES string of the molecule is O=C(O)CCc1c[n-]c2ccccc12. The van der Waals surface area contributed by atoms with Crippen LogP contribution in [0.1, 0.15) is 12.0 Å². The first-order chi connectivity index (χ1) is 6.77. The Morgan fingerprint density at radius 2 is 2.14 bits per heavy atom. The number of benzene rings is 1. The van der Waals surface area contributed by atoms with Crippen LogP contribution in [-0.2, 0) is 11.2 Å². The van der Waals surface area contributed by atoms with E-state index in [4.69, 9.17) is 5.11 Å². The molecule has 0 unspecified atom stereocenters. The van der Waals surface area contributed by atoms with Gasteiger partial charge in [0.1, 0.15) is 0 Å². The van der Waals surface area contributed by atoms with Gasteiger partial charge in [-0.2, -0.15) is 6.20 Å². The van der Waals surface area contributed by atoms with E-state index in [0.717, 1.165) is 16.5 Å². The second-order valence-corrected chi connectivity index (χ2v) is 3.19. The highest BCUT2D eigenvalue weighted by Crippen LogP contribution is 2.17. The fourth-order valence-electron chi connectivity index (χ4n) is 1.52. The first-order valence-corrected chi connectivity index (χ1v) is 4.48. The Kier molecular flexibility index (Phi) is 2.23. The zero-order chi connectivity index (χ0) is 9.97. The average molecular weight is 188 g/mol. The van der Waals surface area contributed by atoms with Gasteiger partial charge in [-0.1, -0.05) is 29.8 Å². The Labute approximate surface area is 81.4 Å². The smallest absolute Gasteiger partial charge is 0.303 e. The molecule has 0 saturated carbocycles. The van der Waals surface area contributed by atoms with Crippen molar-refractivity contribution in [3.8, 4) is 0 Å². The number of carboxylic acids is 1. The summed E-state index contributed by atoms with van der Waals surface area (Å²) >= 11 is 0. The third kappa shape index (κ3) is 1.62. The fraction of sp³-hybridized carbons (Fsp3) is 0.182. The lowest BCUT2D eigenvalue weighted by Crippen LogP contribution is -1.96. The van der Waals surface area contributed by atoms with E-state index in [1.165, 1.54) is 0 Å². The summed E-state index contributed by atoms with van der Waals surface area (Å²) in [5.41, 5.74) is 1.95. The van der Waals surface area contributed by atoms with Crippen LogP contribution in [-0.4, -0.2) is 11.1 Å². The summed E-state index contributed by atoms with van der Waals surface area (Å²) in [7, 11) is 0. The highest BCUT2D eigenvalue weighted by atomic mass is 16.4. The van der Waals surface area contributed by atoms with Gasteiger partial charge in [0.2, 0.25) is 0 Å². The quantitative estimate of drug-likeness (QED) is 0.799. The van der Waals surface area contributed by atoms with Gasteiger partial charge in [0, 0.05) is 6.42 Å². The van der Waals surface area contributed by atoms with E-state index in [0.29, 0.717) is 6.42 Å². The van der Waals surface area contributed by atoms with Crippen LogP contribution in [0, 0.1) is 0 Å². The van der Waals surface area contributed by atoms with Gasteiger partial charge in [-0.05, 0) is 11.8 Å². The van der Waals surface area contributed by atoms with E-state index in [1.807, 2.05) is 24.3 Å². The molecule has 72 valence electrons. The van der Waals surface area contributed by atoms with Crippen molar-refractivity contribution in [2.24, 2.45) is 0 Å². The first-order valence-electron chi connectivity index (χ1n) is 4.48. The molecule has 1 aromatic heterocycles. The van der Waals surface area contributed by atoms with Crippen molar-refractivity contribution in [1.82, 2.24) is 4.98 Å². The molecule has 0 radical (unpaired) electrons. The standard InChI is InChI=1S/C11H10NO2/c13-11(14)6-5-8-7-12-10-4-2-1-3-9(8)10/h1-4,7H,5-6H2,(H,13,14)/q-1. The lowest BCUT2D eigenvalue weighted by Gasteiger charge is -1.98. The highest BCUT2D eigenvalue weighted by molar-refractivity contribution is 5.83. The summed E-state index contributed by atoms with van der Waals surface area (Å²) in [6, 6.07) is 7.77. The van der Waals surface area contributed by atoms with E-state index in [9.17, 15) is 4.79 Å². The second kappa shape index (κ2) is 3.54. The van der Waals surface area contributed by atoms with Crippen molar-refractivity contribution in [3.05, 3.63) is 36.0 Å². The van der Waals surface area contributed by atoms with Crippen molar-refractivity contribution in [2.45, 2.75) is 12.8 Å². The van der Waals surface area contributed by atoms with Gasteiger partial charge in [-0.3, -0.25) is 4.79 Å². The lowest BCUT2D eigenvalue weighted by atomic mass is 10.1. The lowest BCUT2D eigenvalue weighted by molar-refractivity contribution is -0.136. The topological polar surface area (TPSA) is 51.4 Å². The van der Waals surface area contributed by atoms with Crippen LogP contribution in [0.15, 0.2) is 30.5 Å². The van der Waals surface area contributed by atoms with Gasteiger partial charge >= 0.3 is 5.97 Å². The molecule has 0 atom stereocenters. The highest BCUT2D eigenvalue weighted by Gasteiger charge is 2.00. The molecule has 1 heterocycles. The number of aliphatic carboxylic acids is 1. The van der Waals surface area contributed by atoms with Gasteiger partial charge in [0.15, 0.2) is 0 Å². The number of para-hydroxylation sites is 1. The summed E-state index contributed by atoms with van der Waals surface area (Å²) in [6.07, 6.45) is 2.47. The van der Waals surface area contributed by atoms with Crippen molar-refractivity contribution in [1.29, 1.82) is 0 Å². The van der Waals surface area contributed by atoms with Crippen molar-refractivity contribution < 1.29 is 9.90 Å². The molecule has 0 bridgehead atoms. The Balaban J connectivity index is 2.29. The minimum atomic E-state index is -0.768. The second-order valence-electron chi connectivity index (χ2n) is 3.19. The number of fused-ring (bicyclic) bond motifs is 1.